The largest absolute Gasteiger partial charge is 0.466 e. The maximum atomic E-state index is 14.1. The number of tetrazole rings is 1. The van der Waals surface area contributed by atoms with Crippen molar-refractivity contribution in [1.82, 2.24) is 20.2 Å². The molecular formula is C29H31F9N6O2. The fourth-order valence-electron chi connectivity index (χ4n) is 5.54. The number of halogens is 9. The highest BCUT2D eigenvalue weighted by Gasteiger charge is 2.39. The van der Waals surface area contributed by atoms with Crippen LogP contribution >= 0.6 is 0 Å². The Bertz CT molecular complexity index is 1520. The summed E-state index contributed by atoms with van der Waals surface area (Å²) in [5, 5.41) is 11.9. The van der Waals surface area contributed by atoms with Gasteiger partial charge in [-0.1, -0.05) is 18.1 Å². The number of nitrogens with zero attached hydrogens (tertiary/aromatic N) is 6. The van der Waals surface area contributed by atoms with Crippen molar-refractivity contribution in [1.29, 1.82) is 0 Å². The Kier molecular flexibility index (Phi) is 9.83. The Morgan fingerprint density at radius 3 is 2.15 bits per heavy atom. The number of alkyl halides is 9. The predicted octanol–water partition coefficient (Wildman–Crippen LogP) is 7.12. The lowest BCUT2D eigenvalue weighted by molar-refractivity contribution is -0.147. The number of carbonyl (C=O) groups excluding carboxylic acids is 1. The van der Waals surface area contributed by atoms with E-state index >= 15 is 0 Å². The molecule has 1 aliphatic heterocycles. The molecule has 2 atom stereocenters. The molecule has 1 aromatic heterocycles. The number of fused-ring (bicyclic) bond motifs is 1. The van der Waals surface area contributed by atoms with Crippen LogP contribution in [0.2, 0.25) is 0 Å². The standard InChI is InChI=1S/C29H31F9N6O2/c1-5-46-25(45)17(3)14-43-8-6-7-23(21-9-16(2)22(13-24(21)43)29(36,37)38)44(26-39-41-42(4)40-26)15-18-10-19(27(30,31)32)12-20(11-18)28(33,34)35/h9-13,17,23H,5-8,14-15H2,1-4H3/t17?,23-/m0/s1. The van der Waals surface area contributed by atoms with Gasteiger partial charge in [0.2, 0.25) is 0 Å². The average Bonchev–Trinajstić information content (AvgIpc) is 3.30. The fourth-order valence-corrected chi connectivity index (χ4v) is 5.54. The average molecular weight is 667 g/mol. The summed E-state index contributed by atoms with van der Waals surface area (Å²) < 4.78 is 129. The van der Waals surface area contributed by atoms with Crippen LogP contribution in [0.1, 0.15) is 66.1 Å². The van der Waals surface area contributed by atoms with E-state index in [9.17, 15) is 44.3 Å². The van der Waals surface area contributed by atoms with E-state index in [-0.39, 0.29) is 54.9 Å². The van der Waals surface area contributed by atoms with Crippen LogP contribution in [0.15, 0.2) is 30.3 Å². The summed E-state index contributed by atoms with van der Waals surface area (Å²) in [6.45, 7) is 4.16. The number of hydrogen-bond donors (Lipinski definition) is 0. The quantitative estimate of drug-likeness (QED) is 0.187. The van der Waals surface area contributed by atoms with Crippen LogP contribution in [0.5, 0.6) is 0 Å². The second-order valence-corrected chi connectivity index (χ2v) is 11.1. The van der Waals surface area contributed by atoms with E-state index < -0.39 is 59.7 Å². The number of ether oxygens (including phenoxy) is 1. The van der Waals surface area contributed by atoms with Crippen LogP contribution in [0.4, 0.5) is 51.1 Å². The molecule has 3 aromatic rings. The van der Waals surface area contributed by atoms with E-state index in [1.54, 1.807) is 18.7 Å². The SMILES string of the molecule is CCOC(=O)C(C)CN1CCC[C@H](N(Cc2cc(C(F)(F)F)cc(C(F)(F)F)c2)c2nnn(C)n2)c2cc(C)c(C(F)(F)F)cc21. The number of aryl methyl sites for hydroxylation is 2. The van der Waals surface area contributed by atoms with Gasteiger partial charge < -0.3 is 14.5 Å². The summed E-state index contributed by atoms with van der Waals surface area (Å²) in [5.74, 6) is -1.44. The zero-order chi connectivity index (χ0) is 34.2. The van der Waals surface area contributed by atoms with Gasteiger partial charge in [-0.3, -0.25) is 4.79 Å². The van der Waals surface area contributed by atoms with Crippen molar-refractivity contribution in [3.63, 3.8) is 0 Å². The molecule has 0 aliphatic carbocycles. The minimum Gasteiger partial charge on any atom is -0.466 e. The molecule has 0 saturated carbocycles. The molecule has 4 rings (SSSR count). The zero-order valence-electron chi connectivity index (χ0n) is 25.2. The third-order valence-corrected chi connectivity index (χ3v) is 7.60. The van der Waals surface area contributed by atoms with Gasteiger partial charge >= 0.3 is 24.5 Å². The van der Waals surface area contributed by atoms with Crippen LogP contribution in [-0.2, 0) is 41.7 Å². The highest BCUT2D eigenvalue weighted by molar-refractivity contribution is 5.73. The highest BCUT2D eigenvalue weighted by Crippen LogP contribution is 2.44. The molecule has 8 nitrogen and oxygen atoms in total. The molecule has 0 amide bonds. The van der Waals surface area contributed by atoms with Gasteiger partial charge in [0.15, 0.2) is 0 Å². The van der Waals surface area contributed by atoms with Crippen LogP contribution in [0.3, 0.4) is 0 Å². The second-order valence-electron chi connectivity index (χ2n) is 11.1. The zero-order valence-corrected chi connectivity index (χ0v) is 25.2. The number of aromatic nitrogens is 4. The first kappa shape index (κ1) is 34.8. The number of carbonyl (C=O) groups is 1. The molecule has 17 heteroatoms. The van der Waals surface area contributed by atoms with Crippen molar-refractivity contribution in [2.45, 2.75) is 64.7 Å². The minimum absolute atomic E-state index is 0.00905. The lowest BCUT2D eigenvalue weighted by Crippen LogP contribution is -2.34. The van der Waals surface area contributed by atoms with Gasteiger partial charge in [0, 0.05) is 25.3 Å². The molecule has 2 heterocycles. The van der Waals surface area contributed by atoms with Gasteiger partial charge in [-0.15, -0.1) is 5.10 Å². The molecule has 0 fully saturated rings. The first-order valence-corrected chi connectivity index (χ1v) is 14.2. The predicted molar refractivity (Wildman–Crippen MR) is 148 cm³/mol. The van der Waals surface area contributed by atoms with Gasteiger partial charge in [0.25, 0.3) is 5.95 Å². The first-order chi connectivity index (χ1) is 21.3. The molecule has 1 unspecified atom stereocenters. The highest BCUT2D eigenvalue weighted by atomic mass is 19.4. The Balaban J connectivity index is 1.89. The number of rotatable bonds is 8. The van der Waals surface area contributed by atoms with Crippen LogP contribution in [0.25, 0.3) is 0 Å². The summed E-state index contributed by atoms with van der Waals surface area (Å²) in [6.07, 6.45) is -14.4. The maximum absolute atomic E-state index is 14.1. The molecular weight excluding hydrogens is 635 g/mol. The normalized spacial score (nSPS) is 16.5. The molecule has 0 radical (unpaired) electrons. The van der Waals surface area contributed by atoms with Crippen molar-refractivity contribution in [3.8, 4) is 0 Å². The third-order valence-electron chi connectivity index (χ3n) is 7.60. The fraction of sp³-hybridized carbons (Fsp3) is 0.517. The van der Waals surface area contributed by atoms with Crippen LogP contribution < -0.4 is 9.80 Å². The Hall–Kier alpha value is -4.05. The topological polar surface area (TPSA) is 76.4 Å². The molecule has 0 bridgehead atoms. The number of anilines is 2. The van der Waals surface area contributed by atoms with Crippen molar-refractivity contribution >= 4 is 17.6 Å². The summed E-state index contributed by atoms with van der Waals surface area (Å²) >= 11 is 0. The lowest BCUT2D eigenvalue weighted by atomic mass is 9.94. The molecule has 1 aliphatic rings. The lowest BCUT2D eigenvalue weighted by Gasteiger charge is -2.33. The Morgan fingerprint density at radius 2 is 1.63 bits per heavy atom. The smallest absolute Gasteiger partial charge is 0.416 e. The van der Waals surface area contributed by atoms with E-state index in [0.29, 0.717) is 24.1 Å². The number of benzene rings is 2. The summed E-state index contributed by atoms with van der Waals surface area (Å²) in [6, 6.07) is 2.53. The van der Waals surface area contributed by atoms with Crippen molar-refractivity contribution < 1.29 is 49.0 Å². The molecule has 0 N–H and O–H groups in total. The van der Waals surface area contributed by atoms with E-state index in [2.05, 4.69) is 15.4 Å². The summed E-state index contributed by atoms with van der Waals surface area (Å²) in [4.78, 5) is 16.4. The second kappa shape index (κ2) is 13.0. The van der Waals surface area contributed by atoms with E-state index in [1.807, 2.05) is 0 Å². The third kappa shape index (κ3) is 7.84. The molecule has 0 spiro atoms. The van der Waals surface area contributed by atoms with E-state index in [1.165, 1.54) is 24.9 Å². The summed E-state index contributed by atoms with van der Waals surface area (Å²) in [7, 11) is 1.40. The first-order valence-electron chi connectivity index (χ1n) is 14.2. The van der Waals surface area contributed by atoms with Gasteiger partial charge in [0.1, 0.15) is 0 Å². The van der Waals surface area contributed by atoms with Crippen LogP contribution in [0, 0.1) is 12.8 Å². The molecule has 2 aromatic carbocycles. The van der Waals surface area contributed by atoms with Crippen molar-refractivity contribution in [2.75, 3.05) is 29.5 Å². The minimum atomic E-state index is -5.10. The van der Waals surface area contributed by atoms with Gasteiger partial charge in [0.05, 0.1) is 42.3 Å². The van der Waals surface area contributed by atoms with E-state index in [0.717, 1.165) is 10.9 Å². The molecule has 46 heavy (non-hydrogen) atoms. The number of esters is 1. The van der Waals surface area contributed by atoms with Gasteiger partial charge in [-0.2, -0.15) is 44.3 Å². The Labute approximate surface area is 258 Å². The van der Waals surface area contributed by atoms with Gasteiger partial charge in [-0.25, -0.2) is 0 Å². The monoisotopic (exact) mass is 666 g/mol. The molecule has 0 saturated heterocycles. The van der Waals surface area contributed by atoms with Crippen LogP contribution in [-0.4, -0.2) is 45.9 Å². The van der Waals surface area contributed by atoms with Gasteiger partial charge in [-0.05, 0) is 72.9 Å². The van der Waals surface area contributed by atoms with Crippen molar-refractivity contribution in [2.24, 2.45) is 13.0 Å². The number of hydrogen-bond acceptors (Lipinski definition) is 7. The van der Waals surface area contributed by atoms with E-state index in [4.69, 9.17) is 4.74 Å². The van der Waals surface area contributed by atoms with Crippen molar-refractivity contribution in [3.05, 3.63) is 63.7 Å². The maximum Gasteiger partial charge on any atom is 0.416 e. The molecule has 252 valence electrons. The Morgan fingerprint density at radius 1 is 1.00 bits per heavy atom. The summed E-state index contributed by atoms with van der Waals surface area (Å²) in [5.41, 5.74) is -4.10.